The van der Waals surface area contributed by atoms with Gasteiger partial charge in [0.1, 0.15) is 17.9 Å². The number of aliphatic hydroxyl groups is 1. The van der Waals surface area contributed by atoms with Crippen LogP contribution in [0.15, 0.2) is 48.0 Å². The Morgan fingerprint density at radius 1 is 1.21 bits per heavy atom. The number of nitrogens with one attached hydrogen (secondary N) is 1. The van der Waals surface area contributed by atoms with Gasteiger partial charge in [0.2, 0.25) is 0 Å². The van der Waals surface area contributed by atoms with Crippen LogP contribution in [0.2, 0.25) is 0 Å². The molecule has 260 valence electrons. The number of likely N-dealkylation sites (tertiary alicyclic amines) is 1. The van der Waals surface area contributed by atoms with Crippen LogP contribution in [0.25, 0.3) is 0 Å². The standard InChI is InChI=1S/C32H43FN8O6S/c1-22(2)39(4)30(42)25-15-23(33)5-6-26(25)47-27-16-34-21-35-29(27)41-18-31(19-41)10-13-40(14-11-31)20-32(43)9-7-24(17-46-32)37-48(44,45)28-8-12-38(3)36-28/h5-6,8,12,15-16,21-22,24,37,43H,7,9-11,13-14,17-20H2,1-4H3/t24-,32-/m1/s1. The maximum atomic E-state index is 14.2. The van der Waals surface area contributed by atoms with E-state index in [4.69, 9.17) is 9.47 Å². The van der Waals surface area contributed by atoms with Gasteiger partial charge in [-0.25, -0.2) is 27.5 Å². The zero-order valence-corrected chi connectivity index (χ0v) is 28.5. The Labute approximate surface area is 279 Å². The lowest BCUT2D eigenvalue weighted by Gasteiger charge is -2.55. The van der Waals surface area contributed by atoms with Gasteiger partial charge in [-0.3, -0.25) is 14.4 Å². The summed E-state index contributed by atoms with van der Waals surface area (Å²) in [5.74, 6) is -1.000. The van der Waals surface area contributed by atoms with E-state index < -0.39 is 27.7 Å². The maximum absolute atomic E-state index is 14.2. The van der Waals surface area contributed by atoms with Crippen molar-refractivity contribution in [3.63, 3.8) is 0 Å². The summed E-state index contributed by atoms with van der Waals surface area (Å²) in [6.45, 7) is 7.27. The molecule has 16 heteroatoms. The zero-order valence-electron chi connectivity index (χ0n) is 27.7. The SMILES string of the molecule is CC(C)N(C)C(=O)c1cc(F)ccc1Oc1cncnc1N1CC2(CCN(C[C@@]3(O)CC[C@@H](NS(=O)(=O)c4ccn(C)n4)CO3)CC2)C1. The second kappa shape index (κ2) is 13.3. The van der Waals surface area contributed by atoms with Crippen molar-refractivity contribution in [3.05, 3.63) is 54.4 Å². The molecule has 3 aliphatic heterocycles. The van der Waals surface area contributed by atoms with Crippen LogP contribution in [-0.4, -0.2) is 113 Å². The predicted octanol–water partition coefficient (Wildman–Crippen LogP) is 2.37. The second-order valence-corrected chi connectivity index (χ2v) is 15.2. The number of β-amino-alcohol motifs (C(OH)–C–C–N with tert-alkyl or cyclic N) is 1. The van der Waals surface area contributed by atoms with E-state index in [9.17, 15) is 22.7 Å². The van der Waals surface area contributed by atoms with E-state index in [2.05, 4.69) is 29.6 Å². The molecule has 1 aromatic carbocycles. The Balaban J connectivity index is 1.01. The first kappa shape index (κ1) is 34.2. The summed E-state index contributed by atoms with van der Waals surface area (Å²) in [5, 5.41) is 15.1. The number of rotatable bonds is 10. The fraction of sp³-hybridized carbons (Fsp3) is 0.562. The summed E-state index contributed by atoms with van der Waals surface area (Å²) >= 11 is 0. The molecule has 3 aliphatic rings. The molecule has 0 aliphatic carbocycles. The van der Waals surface area contributed by atoms with E-state index >= 15 is 0 Å². The smallest absolute Gasteiger partial charge is 0.260 e. The van der Waals surface area contributed by atoms with E-state index in [1.54, 1.807) is 26.5 Å². The average molecular weight is 687 g/mol. The highest BCUT2D eigenvalue weighted by atomic mass is 32.2. The number of benzene rings is 1. The molecule has 3 fully saturated rings. The quantitative estimate of drug-likeness (QED) is 0.323. The first-order chi connectivity index (χ1) is 22.7. The molecular formula is C32H43FN8O6S. The minimum atomic E-state index is -3.77. The minimum Gasteiger partial charge on any atom is -0.451 e. The molecule has 2 atom stereocenters. The van der Waals surface area contributed by atoms with E-state index in [-0.39, 0.29) is 40.3 Å². The van der Waals surface area contributed by atoms with Gasteiger partial charge in [-0.1, -0.05) is 0 Å². The lowest BCUT2D eigenvalue weighted by molar-refractivity contribution is -0.239. The lowest BCUT2D eigenvalue weighted by atomic mass is 9.72. The number of aromatic nitrogens is 4. The van der Waals surface area contributed by atoms with Gasteiger partial charge in [-0.05, 0) is 70.5 Å². The van der Waals surface area contributed by atoms with Crippen LogP contribution >= 0.6 is 0 Å². The van der Waals surface area contributed by atoms with Crippen molar-refractivity contribution >= 4 is 21.7 Å². The van der Waals surface area contributed by atoms with Crippen molar-refractivity contribution in [2.24, 2.45) is 12.5 Å². The third-order valence-corrected chi connectivity index (χ3v) is 11.0. The van der Waals surface area contributed by atoms with Crippen molar-refractivity contribution in [2.45, 2.75) is 62.4 Å². The summed E-state index contributed by atoms with van der Waals surface area (Å²) in [4.78, 5) is 27.6. The lowest BCUT2D eigenvalue weighted by Crippen LogP contribution is -2.62. The molecular weight excluding hydrogens is 643 g/mol. The number of piperidine rings is 1. The normalized spacial score (nSPS) is 22.9. The highest BCUT2D eigenvalue weighted by molar-refractivity contribution is 7.89. The number of sulfonamides is 1. The van der Waals surface area contributed by atoms with E-state index in [1.165, 1.54) is 40.2 Å². The fourth-order valence-corrected chi connectivity index (χ4v) is 7.75. The van der Waals surface area contributed by atoms with Gasteiger partial charge in [0.05, 0.1) is 24.9 Å². The van der Waals surface area contributed by atoms with Crippen molar-refractivity contribution in [3.8, 4) is 11.5 Å². The molecule has 0 bridgehead atoms. The zero-order chi connectivity index (χ0) is 34.3. The third-order valence-electron chi connectivity index (χ3n) is 9.61. The predicted molar refractivity (Wildman–Crippen MR) is 174 cm³/mol. The maximum Gasteiger partial charge on any atom is 0.260 e. The summed E-state index contributed by atoms with van der Waals surface area (Å²) in [5.41, 5.74) is 0.207. The summed E-state index contributed by atoms with van der Waals surface area (Å²) in [6.07, 6.45) is 7.18. The van der Waals surface area contributed by atoms with Gasteiger partial charge in [0.15, 0.2) is 22.4 Å². The fourth-order valence-electron chi connectivity index (χ4n) is 6.53. The number of aryl methyl sites for hydroxylation is 1. The van der Waals surface area contributed by atoms with Crippen LogP contribution in [-0.2, 0) is 21.8 Å². The van der Waals surface area contributed by atoms with Gasteiger partial charge >= 0.3 is 0 Å². The Morgan fingerprint density at radius 2 is 1.96 bits per heavy atom. The number of nitrogens with zero attached hydrogens (tertiary/aromatic N) is 7. The summed E-state index contributed by atoms with van der Waals surface area (Å²) in [7, 11) is -0.452. The Morgan fingerprint density at radius 3 is 2.60 bits per heavy atom. The number of hydrogen-bond acceptors (Lipinski definition) is 11. The molecule has 1 spiro atoms. The highest BCUT2D eigenvalue weighted by Crippen LogP contribution is 2.45. The molecule has 3 aromatic rings. The first-order valence-electron chi connectivity index (χ1n) is 16.2. The number of anilines is 1. The van der Waals surface area contributed by atoms with Crippen molar-refractivity contribution in [1.29, 1.82) is 0 Å². The van der Waals surface area contributed by atoms with Crippen LogP contribution in [0.3, 0.4) is 0 Å². The van der Waals surface area contributed by atoms with Crippen molar-refractivity contribution in [2.75, 3.05) is 51.3 Å². The highest BCUT2D eigenvalue weighted by Gasteiger charge is 2.47. The molecule has 0 radical (unpaired) electrons. The van der Waals surface area contributed by atoms with E-state index in [0.717, 1.165) is 39.0 Å². The number of amides is 1. The van der Waals surface area contributed by atoms with Gasteiger partial charge in [0, 0.05) is 57.3 Å². The monoisotopic (exact) mass is 686 g/mol. The molecule has 48 heavy (non-hydrogen) atoms. The Bertz CT molecular complexity index is 1730. The average Bonchev–Trinajstić information content (AvgIpc) is 3.49. The number of carbonyl (C=O) groups excluding carboxylic acids is 1. The molecule has 3 saturated heterocycles. The van der Waals surface area contributed by atoms with Crippen LogP contribution < -0.4 is 14.4 Å². The minimum absolute atomic E-state index is 0.0465. The van der Waals surface area contributed by atoms with Crippen molar-refractivity contribution in [1.82, 2.24) is 34.3 Å². The third kappa shape index (κ3) is 7.32. The number of halogens is 1. The van der Waals surface area contributed by atoms with Gasteiger partial charge in [0.25, 0.3) is 15.9 Å². The Hall–Kier alpha value is -3.70. The molecule has 5 heterocycles. The summed E-state index contributed by atoms with van der Waals surface area (Å²) < 4.78 is 55.5. The molecule has 0 saturated carbocycles. The Kier molecular flexibility index (Phi) is 9.47. The van der Waals surface area contributed by atoms with Crippen LogP contribution in [0, 0.1) is 11.2 Å². The molecule has 0 unspecified atom stereocenters. The number of ether oxygens (including phenoxy) is 2. The van der Waals surface area contributed by atoms with Crippen LogP contribution in [0.4, 0.5) is 10.2 Å². The van der Waals surface area contributed by atoms with Crippen molar-refractivity contribution < 1.29 is 32.2 Å². The van der Waals surface area contributed by atoms with Gasteiger partial charge in [-0.15, -0.1) is 0 Å². The number of hydrogen-bond donors (Lipinski definition) is 2. The van der Waals surface area contributed by atoms with E-state index in [0.29, 0.717) is 31.0 Å². The molecule has 2 N–H and O–H groups in total. The topological polar surface area (TPSA) is 155 Å². The molecule has 2 aromatic heterocycles. The largest absolute Gasteiger partial charge is 0.451 e. The second-order valence-electron chi connectivity index (χ2n) is 13.5. The van der Waals surface area contributed by atoms with Crippen LogP contribution in [0.5, 0.6) is 11.5 Å². The first-order valence-corrected chi connectivity index (χ1v) is 17.6. The van der Waals surface area contributed by atoms with Crippen LogP contribution in [0.1, 0.15) is 49.9 Å². The van der Waals surface area contributed by atoms with E-state index in [1.807, 2.05) is 13.8 Å². The molecule has 1 amide bonds. The summed E-state index contributed by atoms with van der Waals surface area (Å²) in [6, 6.07) is 4.80. The van der Waals surface area contributed by atoms with Gasteiger partial charge < -0.3 is 24.4 Å². The molecule has 14 nitrogen and oxygen atoms in total. The number of carbonyl (C=O) groups is 1. The molecule has 6 rings (SSSR count). The van der Waals surface area contributed by atoms with Gasteiger partial charge in [-0.2, -0.15) is 5.10 Å².